The Hall–Kier alpha value is -1.71. The van der Waals surface area contributed by atoms with Gasteiger partial charge in [0, 0.05) is 13.0 Å². The normalized spacial score (nSPS) is 16.6. The first kappa shape index (κ1) is 14.7. The number of aryl methyl sites for hydroxylation is 1. The van der Waals surface area contributed by atoms with Crippen molar-refractivity contribution in [3.05, 3.63) is 23.3 Å². The van der Waals surface area contributed by atoms with E-state index in [1.165, 1.54) is 11.1 Å². The van der Waals surface area contributed by atoms with E-state index < -0.39 is 0 Å². The monoisotopic (exact) mass is 277 g/mol. The van der Waals surface area contributed by atoms with Crippen LogP contribution in [0, 0.1) is 0 Å². The number of amides is 1. The molecule has 1 unspecified atom stereocenters. The highest BCUT2D eigenvalue weighted by Crippen LogP contribution is 2.41. The Kier molecular flexibility index (Phi) is 4.88. The first-order valence-corrected chi connectivity index (χ1v) is 7.21. The molecule has 1 aliphatic rings. The summed E-state index contributed by atoms with van der Waals surface area (Å²) in [6, 6.07) is 4.07. The smallest absolute Gasteiger partial charge is 0.220 e. The maximum atomic E-state index is 11.9. The fourth-order valence-electron chi connectivity index (χ4n) is 2.79. The van der Waals surface area contributed by atoms with Crippen molar-refractivity contribution in [2.24, 2.45) is 0 Å². The van der Waals surface area contributed by atoms with Gasteiger partial charge < -0.3 is 14.8 Å². The molecule has 0 bridgehead atoms. The van der Waals surface area contributed by atoms with Crippen LogP contribution >= 0.6 is 0 Å². The van der Waals surface area contributed by atoms with Crippen LogP contribution in [0.3, 0.4) is 0 Å². The Morgan fingerprint density at radius 2 is 2.00 bits per heavy atom. The van der Waals surface area contributed by atoms with E-state index in [9.17, 15) is 4.79 Å². The molecule has 0 saturated carbocycles. The summed E-state index contributed by atoms with van der Waals surface area (Å²) in [4.78, 5) is 11.9. The number of methoxy groups -OCH3 is 2. The van der Waals surface area contributed by atoms with Gasteiger partial charge in [-0.05, 0) is 48.4 Å². The average molecular weight is 277 g/mol. The molecule has 0 saturated heterocycles. The number of benzene rings is 1. The van der Waals surface area contributed by atoms with E-state index in [0.717, 1.165) is 37.3 Å². The minimum atomic E-state index is 0.138. The van der Waals surface area contributed by atoms with E-state index >= 15 is 0 Å². The van der Waals surface area contributed by atoms with Crippen molar-refractivity contribution < 1.29 is 14.3 Å². The fourth-order valence-corrected chi connectivity index (χ4v) is 2.79. The fraction of sp³-hybridized carbons (Fsp3) is 0.562. The van der Waals surface area contributed by atoms with Crippen molar-refractivity contribution >= 4 is 5.91 Å². The van der Waals surface area contributed by atoms with Gasteiger partial charge in [-0.3, -0.25) is 4.79 Å². The predicted octanol–water partition coefficient (Wildman–Crippen LogP) is 2.65. The zero-order valence-electron chi connectivity index (χ0n) is 12.5. The molecular formula is C16H23NO3. The number of hydrogen-bond acceptors (Lipinski definition) is 3. The lowest BCUT2D eigenvalue weighted by Gasteiger charge is -2.14. The summed E-state index contributed by atoms with van der Waals surface area (Å²) in [5.41, 5.74) is 2.50. The summed E-state index contributed by atoms with van der Waals surface area (Å²) in [7, 11) is 3.29. The second kappa shape index (κ2) is 6.64. The second-order valence-corrected chi connectivity index (χ2v) is 5.20. The number of hydrogen-bond donors (Lipinski definition) is 1. The van der Waals surface area contributed by atoms with Gasteiger partial charge in [-0.1, -0.05) is 6.92 Å². The van der Waals surface area contributed by atoms with Crippen LogP contribution in [0.2, 0.25) is 0 Å². The lowest BCUT2D eigenvalue weighted by molar-refractivity contribution is -0.121. The third-order valence-corrected chi connectivity index (χ3v) is 3.85. The number of rotatable bonds is 6. The molecule has 20 heavy (non-hydrogen) atoms. The van der Waals surface area contributed by atoms with Crippen LogP contribution in [0.1, 0.15) is 43.2 Å². The minimum absolute atomic E-state index is 0.138. The molecule has 1 aromatic carbocycles. The van der Waals surface area contributed by atoms with E-state index in [2.05, 4.69) is 12.2 Å². The lowest BCUT2D eigenvalue weighted by atomic mass is 9.97. The Bertz CT molecular complexity index is 485. The maximum absolute atomic E-state index is 11.9. The third-order valence-electron chi connectivity index (χ3n) is 3.85. The number of carbonyl (C=O) groups excluding carboxylic acids is 1. The van der Waals surface area contributed by atoms with Crippen molar-refractivity contribution in [3.63, 3.8) is 0 Å². The molecule has 0 spiro atoms. The SMILES string of the molecule is CCCNC(=O)CC1CCc2cc(OC)c(OC)cc21. The molecule has 0 fully saturated rings. The van der Waals surface area contributed by atoms with Crippen molar-refractivity contribution in [1.29, 1.82) is 0 Å². The van der Waals surface area contributed by atoms with Crippen LogP contribution in [0.5, 0.6) is 11.5 Å². The molecular weight excluding hydrogens is 254 g/mol. The molecule has 1 aromatic rings. The second-order valence-electron chi connectivity index (χ2n) is 5.20. The largest absolute Gasteiger partial charge is 0.493 e. The first-order valence-electron chi connectivity index (χ1n) is 7.21. The van der Waals surface area contributed by atoms with Crippen LogP contribution < -0.4 is 14.8 Å². The van der Waals surface area contributed by atoms with Crippen LogP contribution in [0.4, 0.5) is 0 Å². The number of carbonyl (C=O) groups is 1. The van der Waals surface area contributed by atoms with E-state index in [1.54, 1.807) is 14.2 Å². The third kappa shape index (κ3) is 3.06. The van der Waals surface area contributed by atoms with Crippen molar-refractivity contribution in [2.75, 3.05) is 20.8 Å². The highest BCUT2D eigenvalue weighted by Gasteiger charge is 2.26. The summed E-state index contributed by atoms with van der Waals surface area (Å²) in [5.74, 6) is 1.94. The summed E-state index contributed by atoms with van der Waals surface area (Å²) in [6.07, 6.45) is 3.55. The molecule has 0 aromatic heterocycles. The summed E-state index contributed by atoms with van der Waals surface area (Å²) in [5, 5.41) is 2.95. The molecule has 1 aliphatic carbocycles. The van der Waals surface area contributed by atoms with Gasteiger partial charge >= 0.3 is 0 Å². The molecule has 0 heterocycles. The molecule has 2 rings (SSSR count). The number of nitrogens with one attached hydrogen (secondary N) is 1. The molecule has 110 valence electrons. The standard InChI is InChI=1S/C16H23NO3/c1-4-7-17-16(18)9-12-6-5-11-8-14(19-2)15(20-3)10-13(11)12/h8,10,12H,4-7,9H2,1-3H3,(H,17,18). The van der Waals surface area contributed by atoms with Gasteiger partial charge in [0.15, 0.2) is 11.5 Å². The summed E-state index contributed by atoms with van der Waals surface area (Å²) < 4.78 is 10.7. The van der Waals surface area contributed by atoms with Crippen LogP contribution in [0.25, 0.3) is 0 Å². The molecule has 1 amide bonds. The Morgan fingerprint density at radius 1 is 1.30 bits per heavy atom. The molecule has 1 atom stereocenters. The van der Waals surface area contributed by atoms with Crippen molar-refractivity contribution in [1.82, 2.24) is 5.32 Å². The van der Waals surface area contributed by atoms with E-state index in [-0.39, 0.29) is 5.91 Å². The Labute approximate surface area is 120 Å². The van der Waals surface area contributed by atoms with Crippen molar-refractivity contribution in [3.8, 4) is 11.5 Å². The Morgan fingerprint density at radius 3 is 2.65 bits per heavy atom. The van der Waals surface area contributed by atoms with E-state index in [1.807, 2.05) is 12.1 Å². The maximum Gasteiger partial charge on any atom is 0.220 e. The van der Waals surface area contributed by atoms with Gasteiger partial charge in [-0.15, -0.1) is 0 Å². The van der Waals surface area contributed by atoms with Gasteiger partial charge in [0.05, 0.1) is 14.2 Å². The van der Waals surface area contributed by atoms with E-state index in [0.29, 0.717) is 12.3 Å². The molecule has 4 nitrogen and oxygen atoms in total. The van der Waals surface area contributed by atoms with Gasteiger partial charge in [-0.2, -0.15) is 0 Å². The quantitative estimate of drug-likeness (QED) is 0.869. The zero-order chi connectivity index (χ0) is 14.5. The van der Waals surface area contributed by atoms with Crippen LogP contribution in [0.15, 0.2) is 12.1 Å². The Balaban J connectivity index is 2.13. The summed E-state index contributed by atoms with van der Waals surface area (Å²) >= 11 is 0. The minimum Gasteiger partial charge on any atom is -0.493 e. The molecule has 1 N–H and O–H groups in total. The molecule has 4 heteroatoms. The first-order chi connectivity index (χ1) is 9.69. The zero-order valence-corrected chi connectivity index (χ0v) is 12.5. The van der Waals surface area contributed by atoms with Gasteiger partial charge in [0.25, 0.3) is 0 Å². The lowest BCUT2D eigenvalue weighted by Crippen LogP contribution is -2.25. The van der Waals surface area contributed by atoms with Crippen LogP contribution in [-0.4, -0.2) is 26.7 Å². The molecule has 0 aliphatic heterocycles. The van der Waals surface area contributed by atoms with Gasteiger partial charge in [0.2, 0.25) is 5.91 Å². The molecule has 0 radical (unpaired) electrons. The highest BCUT2D eigenvalue weighted by molar-refractivity contribution is 5.77. The van der Waals surface area contributed by atoms with Crippen molar-refractivity contribution in [2.45, 2.75) is 38.5 Å². The number of fused-ring (bicyclic) bond motifs is 1. The topological polar surface area (TPSA) is 47.6 Å². The van der Waals surface area contributed by atoms with Gasteiger partial charge in [0.1, 0.15) is 0 Å². The van der Waals surface area contributed by atoms with E-state index in [4.69, 9.17) is 9.47 Å². The highest BCUT2D eigenvalue weighted by atomic mass is 16.5. The van der Waals surface area contributed by atoms with Crippen LogP contribution in [-0.2, 0) is 11.2 Å². The summed E-state index contributed by atoms with van der Waals surface area (Å²) in [6.45, 7) is 2.81. The van der Waals surface area contributed by atoms with Gasteiger partial charge in [-0.25, -0.2) is 0 Å². The average Bonchev–Trinajstić information content (AvgIpc) is 2.85. The number of ether oxygens (including phenoxy) is 2. The predicted molar refractivity (Wildman–Crippen MR) is 78.5 cm³/mol.